The lowest BCUT2D eigenvalue weighted by molar-refractivity contribution is -0.145. The minimum Gasteiger partial charge on any atom is -0.385 e. The van der Waals surface area contributed by atoms with Gasteiger partial charge >= 0.3 is 0 Å². The van der Waals surface area contributed by atoms with Gasteiger partial charge in [0.15, 0.2) is 0 Å². The summed E-state index contributed by atoms with van der Waals surface area (Å²) in [4.78, 5) is 18.9. The van der Waals surface area contributed by atoms with Gasteiger partial charge in [-0.2, -0.15) is 0 Å². The molecule has 6 nitrogen and oxygen atoms in total. The molecule has 2 aliphatic rings. The van der Waals surface area contributed by atoms with E-state index in [9.17, 15) is 4.79 Å². The number of carbonyl (C=O) groups excluding carboxylic acids is 1. The number of aromatic nitrogens is 2. The lowest BCUT2D eigenvalue weighted by Gasteiger charge is -2.35. The fraction of sp³-hybridized carbons (Fsp3) is 0.733. The number of ether oxygens (including phenoxy) is 2. The van der Waals surface area contributed by atoms with Crippen LogP contribution in [0.4, 0.5) is 0 Å². The highest BCUT2D eigenvalue weighted by atomic mass is 16.5. The van der Waals surface area contributed by atoms with Gasteiger partial charge in [0, 0.05) is 45.7 Å². The summed E-state index contributed by atoms with van der Waals surface area (Å²) >= 11 is 0. The molecule has 1 aliphatic heterocycles. The molecule has 2 heterocycles. The number of hydrogen-bond acceptors (Lipinski definition) is 4. The lowest BCUT2D eigenvalue weighted by Crippen LogP contribution is -2.49. The van der Waals surface area contributed by atoms with Gasteiger partial charge in [0.25, 0.3) is 0 Å². The first-order valence-corrected chi connectivity index (χ1v) is 7.59. The zero-order chi connectivity index (χ0) is 14.7. The Bertz CT molecular complexity index is 471. The number of amides is 1. The maximum atomic E-state index is 12.8. The maximum absolute atomic E-state index is 12.8. The Morgan fingerprint density at radius 3 is 3.05 bits per heavy atom. The summed E-state index contributed by atoms with van der Waals surface area (Å²) in [6.07, 6.45) is 8.37. The van der Waals surface area contributed by atoms with Crippen LogP contribution < -0.4 is 0 Å². The Balaban J connectivity index is 1.59. The SMILES string of the molecule is COCC[C@H]1CN(C(=O)C2(Cn3ccnc3)CC2)CCO1. The molecule has 1 saturated heterocycles. The molecule has 21 heavy (non-hydrogen) atoms. The standard InChI is InChI=1S/C15H23N3O3/c1-20-8-2-13-10-18(7-9-21-13)14(19)15(3-4-15)11-17-6-5-16-12-17/h5-6,12-13H,2-4,7-11H2,1H3/t13-/m0/s1. The Morgan fingerprint density at radius 1 is 1.52 bits per heavy atom. The van der Waals surface area contributed by atoms with Crippen molar-refractivity contribution in [3.63, 3.8) is 0 Å². The molecule has 3 rings (SSSR count). The number of morpholine rings is 1. The molecule has 116 valence electrons. The molecule has 0 unspecified atom stereocenters. The summed E-state index contributed by atoms with van der Waals surface area (Å²) in [7, 11) is 1.69. The third-order valence-electron chi connectivity index (χ3n) is 4.42. The molecule has 0 aromatic carbocycles. The molecule has 1 aromatic heterocycles. The van der Waals surface area contributed by atoms with Gasteiger partial charge in [-0.1, -0.05) is 0 Å². The van der Waals surface area contributed by atoms with E-state index in [1.807, 2.05) is 15.7 Å². The van der Waals surface area contributed by atoms with Crippen LogP contribution in [-0.4, -0.2) is 59.9 Å². The fourth-order valence-corrected chi connectivity index (χ4v) is 2.98. The average molecular weight is 293 g/mol. The predicted molar refractivity (Wildman–Crippen MR) is 76.7 cm³/mol. The quantitative estimate of drug-likeness (QED) is 0.783. The largest absolute Gasteiger partial charge is 0.385 e. The number of imidazole rings is 1. The van der Waals surface area contributed by atoms with Crippen LogP contribution in [0.5, 0.6) is 0 Å². The van der Waals surface area contributed by atoms with E-state index in [1.54, 1.807) is 19.6 Å². The van der Waals surface area contributed by atoms with Crippen LogP contribution in [0.2, 0.25) is 0 Å². The molecule has 1 aliphatic carbocycles. The molecule has 2 fully saturated rings. The van der Waals surface area contributed by atoms with Gasteiger partial charge in [-0.15, -0.1) is 0 Å². The van der Waals surface area contributed by atoms with E-state index in [4.69, 9.17) is 9.47 Å². The molecule has 1 amide bonds. The molecule has 0 N–H and O–H groups in total. The van der Waals surface area contributed by atoms with Crippen molar-refractivity contribution in [2.75, 3.05) is 33.4 Å². The van der Waals surface area contributed by atoms with Gasteiger partial charge < -0.3 is 18.9 Å². The summed E-state index contributed by atoms with van der Waals surface area (Å²) in [6, 6.07) is 0. The first-order chi connectivity index (χ1) is 10.2. The average Bonchev–Trinajstić information content (AvgIpc) is 3.11. The first-order valence-electron chi connectivity index (χ1n) is 7.59. The second-order valence-corrected chi connectivity index (χ2v) is 6.04. The van der Waals surface area contributed by atoms with Gasteiger partial charge in [0.1, 0.15) is 0 Å². The second kappa shape index (κ2) is 6.15. The van der Waals surface area contributed by atoms with E-state index in [1.165, 1.54) is 0 Å². The van der Waals surface area contributed by atoms with Gasteiger partial charge in [-0.3, -0.25) is 4.79 Å². The Morgan fingerprint density at radius 2 is 2.38 bits per heavy atom. The third kappa shape index (κ3) is 3.27. The van der Waals surface area contributed by atoms with E-state index >= 15 is 0 Å². The van der Waals surface area contributed by atoms with Crippen molar-refractivity contribution in [1.29, 1.82) is 0 Å². The Labute approximate surface area is 125 Å². The van der Waals surface area contributed by atoms with E-state index < -0.39 is 0 Å². The second-order valence-electron chi connectivity index (χ2n) is 6.04. The van der Waals surface area contributed by atoms with Crippen LogP contribution in [0.25, 0.3) is 0 Å². The van der Waals surface area contributed by atoms with Crippen molar-refractivity contribution in [2.45, 2.75) is 31.9 Å². The smallest absolute Gasteiger partial charge is 0.230 e. The molecule has 6 heteroatoms. The van der Waals surface area contributed by atoms with Crippen molar-refractivity contribution < 1.29 is 14.3 Å². The molecule has 0 spiro atoms. The molecule has 1 aromatic rings. The number of carbonyl (C=O) groups is 1. The fourth-order valence-electron chi connectivity index (χ4n) is 2.98. The summed E-state index contributed by atoms with van der Waals surface area (Å²) in [5, 5.41) is 0. The van der Waals surface area contributed by atoms with Crippen LogP contribution in [0.15, 0.2) is 18.7 Å². The van der Waals surface area contributed by atoms with Gasteiger partial charge in [-0.25, -0.2) is 4.98 Å². The summed E-state index contributed by atoms with van der Waals surface area (Å²) in [5.74, 6) is 0.280. The highest BCUT2D eigenvalue weighted by molar-refractivity contribution is 5.85. The van der Waals surface area contributed by atoms with Gasteiger partial charge in [0.2, 0.25) is 5.91 Å². The van der Waals surface area contributed by atoms with E-state index in [-0.39, 0.29) is 17.4 Å². The van der Waals surface area contributed by atoms with Gasteiger partial charge in [0.05, 0.1) is 24.5 Å². The number of hydrogen-bond donors (Lipinski definition) is 0. The third-order valence-corrected chi connectivity index (χ3v) is 4.42. The predicted octanol–water partition coefficient (Wildman–Crippen LogP) is 0.927. The summed E-state index contributed by atoms with van der Waals surface area (Å²) in [5.41, 5.74) is -0.205. The normalized spacial score (nSPS) is 24.0. The highest BCUT2D eigenvalue weighted by Gasteiger charge is 2.52. The molecule has 0 radical (unpaired) electrons. The molecule has 1 saturated carbocycles. The van der Waals surface area contributed by atoms with E-state index in [2.05, 4.69) is 4.98 Å². The first kappa shape index (κ1) is 14.5. The zero-order valence-electron chi connectivity index (χ0n) is 12.5. The van der Waals surface area contributed by atoms with Crippen molar-refractivity contribution in [3.05, 3.63) is 18.7 Å². The zero-order valence-corrected chi connectivity index (χ0v) is 12.5. The Hall–Kier alpha value is -1.40. The highest BCUT2D eigenvalue weighted by Crippen LogP contribution is 2.48. The van der Waals surface area contributed by atoms with Gasteiger partial charge in [-0.05, 0) is 19.3 Å². The number of rotatable bonds is 6. The van der Waals surface area contributed by atoms with Crippen LogP contribution in [-0.2, 0) is 20.8 Å². The monoisotopic (exact) mass is 293 g/mol. The van der Waals surface area contributed by atoms with Crippen molar-refractivity contribution in [3.8, 4) is 0 Å². The lowest BCUT2D eigenvalue weighted by atomic mass is 10.0. The van der Waals surface area contributed by atoms with Crippen molar-refractivity contribution >= 4 is 5.91 Å². The van der Waals surface area contributed by atoms with Crippen LogP contribution >= 0.6 is 0 Å². The molecule has 0 bridgehead atoms. The number of nitrogens with zero attached hydrogens (tertiary/aromatic N) is 3. The summed E-state index contributed by atoms with van der Waals surface area (Å²) < 4.78 is 12.8. The topological polar surface area (TPSA) is 56.6 Å². The van der Waals surface area contributed by atoms with E-state index in [0.29, 0.717) is 26.3 Å². The van der Waals surface area contributed by atoms with E-state index in [0.717, 1.165) is 25.8 Å². The van der Waals surface area contributed by atoms with Crippen molar-refractivity contribution in [1.82, 2.24) is 14.5 Å². The summed E-state index contributed by atoms with van der Waals surface area (Å²) in [6.45, 7) is 3.43. The number of methoxy groups -OCH3 is 1. The maximum Gasteiger partial charge on any atom is 0.230 e. The molecular weight excluding hydrogens is 270 g/mol. The van der Waals surface area contributed by atoms with Crippen LogP contribution in [0.3, 0.4) is 0 Å². The Kier molecular flexibility index (Phi) is 4.26. The molecular formula is C15H23N3O3. The van der Waals surface area contributed by atoms with Crippen LogP contribution in [0.1, 0.15) is 19.3 Å². The minimum atomic E-state index is -0.205. The van der Waals surface area contributed by atoms with Crippen molar-refractivity contribution in [2.24, 2.45) is 5.41 Å². The molecule has 1 atom stereocenters. The minimum absolute atomic E-state index is 0.103. The van der Waals surface area contributed by atoms with Crippen LogP contribution in [0, 0.1) is 5.41 Å².